The van der Waals surface area contributed by atoms with E-state index >= 15 is 0 Å². The first kappa shape index (κ1) is 11.8. The fourth-order valence-electron chi connectivity index (χ4n) is 1.47. The Kier molecular flexibility index (Phi) is 3.28. The minimum Gasteiger partial charge on any atom is -0.348 e. The number of anilines is 1. The van der Waals surface area contributed by atoms with Gasteiger partial charge in [0.25, 0.3) is 0 Å². The first-order chi connectivity index (χ1) is 8.08. The van der Waals surface area contributed by atoms with Crippen molar-refractivity contribution in [1.29, 1.82) is 0 Å². The van der Waals surface area contributed by atoms with E-state index in [1.807, 2.05) is 5.38 Å². The van der Waals surface area contributed by atoms with Gasteiger partial charge >= 0.3 is 6.03 Å². The van der Waals surface area contributed by atoms with Crippen molar-refractivity contribution in [2.75, 3.05) is 32.1 Å². The quantitative estimate of drug-likeness (QED) is 0.844. The number of likely N-dealkylation sites (N-methyl/N-ethyl adjacent to an activating group) is 1. The summed E-state index contributed by atoms with van der Waals surface area (Å²) >= 11 is 1.39. The Balaban J connectivity index is 2.05. The summed E-state index contributed by atoms with van der Waals surface area (Å²) in [7, 11) is 3.42. The van der Waals surface area contributed by atoms with E-state index in [0.29, 0.717) is 23.9 Å². The monoisotopic (exact) mass is 254 g/mol. The van der Waals surface area contributed by atoms with Crippen LogP contribution in [-0.4, -0.2) is 49.0 Å². The molecule has 0 bridgehead atoms. The van der Waals surface area contributed by atoms with Crippen LogP contribution in [0.4, 0.5) is 9.93 Å². The minimum atomic E-state index is -0.121. The molecule has 0 aliphatic carbocycles. The Morgan fingerprint density at radius 3 is 3.00 bits per heavy atom. The second-order valence-electron chi connectivity index (χ2n) is 3.97. The van der Waals surface area contributed by atoms with Gasteiger partial charge in [-0.3, -0.25) is 9.69 Å². The maximum Gasteiger partial charge on any atom is 0.323 e. The molecule has 1 aromatic rings. The number of hydrogen-bond donors (Lipinski definition) is 1. The number of thiazole rings is 1. The zero-order chi connectivity index (χ0) is 12.4. The van der Waals surface area contributed by atoms with Gasteiger partial charge in [-0.1, -0.05) is 0 Å². The van der Waals surface area contributed by atoms with Crippen LogP contribution in [-0.2, 0) is 11.2 Å². The molecule has 7 heteroatoms. The predicted octanol–water partition coefficient (Wildman–Crippen LogP) is 0.303. The highest BCUT2D eigenvalue weighted by molar-refractivity contribution is 7.14. The van der Waals surface area contributed by atoms with E-state index in [-0.39, 0.29) is 18.4 Å². The number of carbonyl (C=O) groups excluding carboxylic acids is 2. The third-order valence-electron chi connectivity index (χ3n) is 2.46. The van der Waals surface area contributed by atoms with Gasteiger partial charge < -0.3 is 10.2 Å². The predicted molar refractivity (Wildman–Crippen MR) is 65.3 cm³/mol. The molecule has 92 valence electrons. The number of nitrogens with zero attached hydrogens (tertiary/aromatic N) is 3. The van der Waals surface area contributed by atoms with Crippen LogP contribution in [0.15, 0.2) is 5.38 Å². The van der Waals surface area contributed by atoms with Gasteiger partial charge in [-0.25, -0.2) is 9.78 Å². The third-order valence-corrected chi connectivity index (χ3v) is 3.37. The van der Waals surface area contributed by atoms with Crippen molar-refractivity contribution in [2.24, 2.45) is 0 Å². The molecule has 1 fully saturated rings. The van der Waals surface area contributed by atoms with E-state index in [0.717, 1.165) is 0 Å². The summed E-state index contributed by atoms with van der Waals surface area (Å²) in [5.41, 5.74) is 0.711. The summed E-state index contributed by atoms with van der Waals surface area (Å²) in [5, 5.41) is 5.19. The lowest BCUT2D eigenvalue weighted by Crippen LogP contribution is -2.27. The van der Waals surface area contributed by atoms with E-state index in [1.165, 1.54) is 16.2 Å². The number of carbonyl (C=O) groups is 2. The van der Waals surface area contributed by atoms with Crippen LogP contribution >= 0.6 is 11.3 Å². The van der Waals surface area contributed by atoms with Gasteiger partial charge in [0.1, 0.15) is 0 Å². The molecule has 1 N–H and O–H groups in total. The Labute approximate surface area is 103 Å². The molecule has 2 heterocycles. The van der Waals surface area contributed by atoms with Gasteiger partial charge in [-0.05, 0) is 0 Å². The van der Waals surface area contributed by atoms with Crippen molar-refractivity contribution in [1.82, 2.24) is 15.2 Å². The Morgan fingerprint density at radius 2 is 2.41 bits per heavy atom. The molecule has 0 spiro atoms. The van der Waals surface area contributed by atoms with Crippen LogP contribution in [0.25, 0.3) is 0 Å². The SMILES string of the molecule is CN(C)C(=O)Cc1csc(N2CCNC2=O)n1. The molecule has 0 atom stereocenters. The van der Waals surface area contributed by atoms with E-state index in [9.17, 15) is 9.59 Å². The van der Waals surface area contributed by atoms with Crippen molar-refractivity contribution < 1.29 is 9.59 Å². The van der Waals surface area contributed by atoms with E-state index in [4.69, 9.17) is 0 Å². The van der Waals surface area contributed by atoms with Crippen molar-refractivity contribution in [3.63, 3.8) is 0 Å². The molecule has 0 unspecified atom stereocenters. The second-order valence-corrected chi connectivity index (χ2v) is 4.81. The summed E-state index contributed by atoms with van der Waals surface area (Å²) in [6.45, 7) is 1.28. The summed E-state index contributed by atoms with van der Waals surface area (Å²) < 4.78 is 0. The van der Waals surface area contributed by atoms with Crippen molar-refractivity contribution in [3.8, 4) is 0 Å². The van der Waals surface area contributed by atoms with Gasteiger partial charge in [0.15, 0.2) is 5.13 Å². The van der Waals surface area contributed by atoms with Crippen molar-refractivity contribution in [2.45, 2.75) is 6.42 Å². The molecule has 6 nitrogen and oxygen atoms in total. The van der Waals surface area contributed by atoms with Crippen LogP contribution in [0.5, 0.6) is 0 Å². The van der Waals surface area contributed by atoms with Crippen molar-refractivity contribution in [3.05, 3.63) is 11.1 Å². The summed E-state index contributed by atoms with van der Waals surface area (Å²) in [4.78, 5) is 30.3. The Bertz CT molecular complexity index is 443. The van der Waals surface area contributed by atoms with E-state index in [1.54, 1.807) is 19.0 Å². The minimum absolute atomic E-state index is 0.00715. The lowest BCUT2D eigenvalue weighted by atomic mass is 10.3. The fourth-order valence-corrected chi connectivity index (χ4v) is 2.32. The lowest BCUT2D eigenvalue weighted by molar-refractivity contribution is -0.128. The number of amides is 3. The average Bonchev–Trinajstić information content (AvgIpc) is 2.86. The van der Waals surface area contributed by atoms with Gasteiger partial charge in [-0.15, -0.1) is 11.3 Å². The standard InChI is InChI=1S/C10H14N4O2S/c1-13(2)8(15)5-7-6-17-10(12-7)14-4-3-11-9(14)16/h6H,3-5H2,1-2H3,(H,11,16). The lowest BCUT2D eigenvalue weighted by Gasteiger charge is -2.09. The number of rotatable bonds is 3. The van der Waals surface area contributed by atoms with Crippen molar-refractivity contribution >= 4 is 28.4 Å². The average molecular weight is 254 g/mol. The smallest absolute Gasteiger partial charge is 0.323 e. The largest absolute Gasteiger partial charge is 0.348 e. The third kappa shape index (κ3) is 2.55. The molecule has 1 aliphatic heterocycles. The summed E-state index contributed by atoms with van der Waals surface area (Å²) in [5.74, 6) is 0.00715. The number of hydrogen-bond acceptors (Lipinski definition) is 4. The zero-order valence-corrected chi connectivity index (χ0v) is 10.6. The number of urea groups is 1. The van der Waals surface area contributed by atoms with Gasteiger partial charge in [0.2, 0.25) is 5.91 Å². The van der Waals surface area contributed by atoms with Gasteiger partial charge in [0, 0.05) is 32.6 Å². The van der Waals surface area contributed by atoms with E-state index in [2.05, 4.69) is 10.3 Å². The molecular formula is C10H14N4O2S. The molecule has 1 aliphatic rings. The highest BCUT2D eigenvalue weighted by Crippen LogP contribution is 2.22. The molecule has 0 aromatic carbocycles. The van der Waals surface area contributed by atoms with Gasteiger partial charge in [0.05, 0.1) is 12.1 Å². The van der Waals surface area contributed by atoms with Crippen LogP contribution < -0.4 is 10.2 Å². The normalized spacial score (nSPS) is 14.9. The number of aromatic nitrogens is 1. The highest BCUT2D eigenvalue weighted by atomic mass is 32.1. The molecule has 3 amide bonds. The van der Waals surface area contributed by atoms with Crippen LogP contribution in [0.1, 0.15) is 5.69 Å². The molecule has 1 saturated heterocycles. The first-order valence-corrected chi connectivity index (χ1v) is 6.16. The van der Waals surface area contributed by atoms with Crippen LogP contribution in [0.2, 0.25) is 0 Å². The summed E-state index contributed by atoms with van der Waals surface area (Å²) in [6.07, 6.45) is 0.277. The van der Waals surface area contributed by atoms with E-state index < -0.39 is 0 Å². The Morgan fingerprint density at radius 1 is 1.65 bits per heavy atom. The zero-order valence-electron chi connectivity index (χ0n) is 9.77. The fraction of sp³-hybridized carbons (Fsp3) is 0.500. The molecule has 2 rings (SSSR count). The Hall–Kier alpha value is -1.63. The molecule has 17 heavy (non-hydrogen) atoms. The summed E-state index contributed by atoms with van der Waals surface area (Å²) in [6, 6.07) is -0.121. The second kappa shape index (κ2) is 4.70. The van der Waals surface area contributed by atoms with Crippen LogP contribution in [0.3, 0.4) is 0 Å². The van der Waals surface area contributed by atoms with Crippen LogP contribution in [0, 0.1) is 0 Å². The maximum atomic E-state index is 11.5. The molecule has 0 saturated carbocycles. The molecule has 1 aromatic heterocycles. The molecule has 0 radical (unpaired) electrons. The van der Waals surface area contributed by atoms with Gasteiger partial charge in [-0.2, -0.15) is 0 Å². The number of nitrogens with one attached hydrogen (secondary N) is 1. The topological polar surface area (TPSA) is 65.5 Å². The highest BCUT2D eigenvalue weighted by Gasteiger charge is 2.24. The maximum absolute atomic E-state index is 11.5. The molecular weight excluding hydrogens is 240 g/mol. The first-order valence-electron chi connectivity index (χ1n) is 5.28.